The first kappa shape index (κ1) is 31.9. The Balaban J connectivity index is 1.58. The Bertz CT molecular complexity index is 1310. The average molecular weight is 597 g/mol. The Kier molecular flexibility index (Phi) is 10.7. The third-order valence-corrected chi connectivity index (χ3v) is 8.21. The van der Waals surface area contributed by atoms with Crippen molar-refractivity contribution in [2.75, 3.05) is 40.0 Å². The van der Waals surface area contributed by atoms with Crippen LogP contribution >= 0.6 is 0 Å². The number of hydrogen-bond donors (Lipinski definition) is 3. The van der Waals surface area contributed by atoms with Gasteiger partial charge in [0, 0.05) is 38.6 Å². The summed E-state index contributed by atoms with van der Waals surface area (Å²) in [7, 11) is 1.64. The third-order valence-electron chi connectivity index (χ3n) is 8.21. The van der Waals surface area contributed by atoms with E-state index >= 15 is 0 Å². The van der Waals surface area contributed by atoms with Gasteiger partial charge in [-0.25, -0.2) is 4.39 Å². The molecule has 0 aliphatic carbocycles. The van der Waals surface area contributed by atoms with Crippen LogP contribution in [0.25, 0.3) is 0 Å². The van der Waals surface area contributed by atoms with E-state index in [4.69, 9.17) is 9.47 Å². The number of carbonyl (C=O) groups excluding carboxylic acids is 4. The minimum absolute atomic E-state index is 0.00263. The van der Waals surface area contributed by atoms with E-state index in [0.29, 0.717) is 31.8 Å². The van der Waals surface area contributed by atoms with Crippen molar-refractivity contribution in [3.05, 3.63) is 65.5 Å². The van der Waals surface area contributed by atoms with Gasteiger partial charge >= 0.3 is 0 Å². The highest BCUT2D eigenvalue weighted by Gasteiger charge is 2.36. The fraction of sp³-hybridized carbons (Fsp3) is 0.500. The number of halogens is 1. The third kappa shape index (κ3) is 8.10. The number of rotatable bonds is 5. The summed E-state index contributed by atoms with van der Waals surface area (Å²) in [6, 6.07) is 11.2. The van der Waals surface area contributed by atoms with Crippen molar-refractivity contribution >= 4 is 23.6 Å². The Morgan fingerprint density at radius 3 is 2.53 bits per heavy atom. The maximum atomic E-state index is 14.2. The molecule has 1 fully saturated rings. The van der Waals surface area contributed by atoms with Crippen LogP contribution in [0.5, 0.6) is 5.75 Å². The highest BCUT2D eigenvalue weighted by Crippen LogP contribution is 2.34. The molecule has 1 saturated heterocycles. The number of carbonyl (C=O) groups is 4. The van der Waals surface area contributed by atoms with Crippen LogP contribution in [-0.2, 0) is 24.5 Å². The van der Waals surface area contributed by atoms with Gasteiger partial charge in [0.1, 0.15) is 30.3 Å². The number of fused-ring (bicyclic) bond motifs is 1. The molecule has 11 heteroatoms. The zero-order valence-electron chi connectivity index (χ0n) is 25.0. The Morgan fingerprint density at radius 1 is 1.07 bits per heavy atom. The zero-order chi connectivity index (χ0) is 31.0. The smallest absolute Gasteiger partial charge is 0.255 e. The summed E-state index contributed by atoms with van der Waals surface area (Å²) in [5, 5.41) is 8.57. The predicted molar refractivity (Wildman–Crippen MR) is 158 cm³/mol. The van der Waals surface area contributed by atoms with Crippen molar-refractivity contribution in [3.8, 4) is 5.75 Å². The summed E-state index contributed by atoms with van der Waals surface area (Å²) in [5.41, 5.74) is 0.450. The molecule has 0 spiro atoms. The van der Waals surface area contributed by atoms with Crippen LogP contribution in [0.3, 0.4) is 0 Å². The number of benzene rings is 2. The van der Waals surface area contributed by atoms with Crippen molar-refractivity contribution in [1.29, 1.82) is 0 Å². The number of hydrogen-bond acceptors (Lipinski definition) is 6. The van der Waals surface area contributed by atoms with E-state index in [9.17, 15) is 23.6 Å². The van der Waals surface area contributed by atoms with E-state index in [1.165, 1.54) is 17.0 Å². The maximum absolute atomic E-state index is 14.2. The molecule has 43 heavy (non-hydrogen) atoms. The van der Waals surface area contributed by atoms with Crippen LogP contribution in [-0.4, -0.2) is 80.6 Å². The van der Waals surface area contributed by atoms with Crippen LogP contribution in [0.2, 0.25) is 0 Å². The van der Waals surface area contributed by atoms with Crippen molar-refractivity contribution in [1.82, 2.24) is 20.9 Å². The first-order valence-electron chi connectivity index (χ1n) is 14.8. The molecule has 10 nitrogen and oxygen atoms in total. The monoisotopic (exact) mass is 596 g/mol. The maximum Gasteiger partial charge on any atom is 0.255 e. The van der Waals surface area contributed by atoms with E-state index in [1.54, 1.807) is 37.4 Å². The lowest BCUT2D eigenvalue weighted by molar-refractivity contribution is -0.137. The summed E-state index contributed by atoms with van der Waals surface area (Å²) in [4.78, 5) is 54.7. The van der Waals surface area contributed by atoms with Gasteiger partial charge in [0.25, 0.3) is 5.91 Å². The molecule has 232 valence electrons. The molecule has 2 atom stereocenters. The molecule has 2 aromatic carbocycles. The van der Waals surface area contributed by atoms with Crippen molar-refractivity contribution in [3.63, 3.8) is 0 Å². The van der Waals surface area contributed by atoms with E-state index in [0.717, 1.165) is 5.56 Å². The second-order valence-corrected chi connectivity index (χ2v) is 11.6. The van der Waals surface area contributed by atoms with Gasteiger partial charge in [-0.1, -0.05) is 38.1 Å². The lowest BCUT2D eigenvalue weighted by atomic mass is 9.74. The first-order chi connectivity index (χ1) is 20.6. The van der Waals surface area contributed by atoms with Crippen molar-refractivity contribution < 1.29 is 33.0 Å². The zero-order valence-corrected chi connectivity index (χ0v) is 25.0. The van der Waals surface area contributed by atoms with Gasteiger partial charge in [-0.15, -0.1) is 0 Å². The summed E-state index contributed by atoms with van der Waals surface area (Å²) in [5.74, 6) is -1.87. The van der Waals surface area contributed by atoms with Gasteiger partial charge in [-0.05, 0) is 55.0 Å². The largest absolute Gasteiger partial charge is 0.491 e. The van der Waals surface area contributed by atoms with Crippen molar-refractivity contribution in [2.24, 2.45) is 5.92 Å². The van der Waals surface area contributed by atoms with Crippen LogP contribution < -0.4 is 20.7 Å². The number of likely N-dealkylation sites (N-methyl/N-ethyl adjacent to an activating group) is 1. The molecule has 2 aliphatic rings. The Hall–Kier alpha value is -3.99. The lowest BCUT2D eigenvalue weighted by Crippen LogP contribution is -2.52. The average Bonchev–Trinajstić information content (AvgIpc) is 3.00. The molecule has 0 saturated carbocycles. The predicted octanol–water partition coefficient (Wildman–Crippen LogP) is 2.56. The van der Waals surface area contributed by atoms with E-state index < -0.39 is 35.2 Å². The number of amides is 4. The van der Waals surface area contributed by atoms with Gasteiger partial charge in [0.2, 0.25) is 17.7 Å². The fourth-order valence-corrected chi connectivity index (χ4v) is 5.49. The molecule has 4 rings (SSSR count). The number of ether oxygens (including phenoxy) is 2. The summed E-state index contributed by atoms with van der Waals surface area (Å²) < 4.78 is 25.6. The van der Waals surface area contributed by atoms with Gasteiger partial charge in [0.15, 0.2) is 0 Å². The molecule has 0 radical (unpaired) electrons. The molecule has 0 unspecified atom stereocenters. The second kappa shape index (κ2) is 14.5. The number of nitrogens with zero attached hydrogens (tertiary/aromatic N) is 1. The summed E-state index contributed by atoms with van der Waals surface area (Å²) in [6.45, 7) is 5.20. The molecule has 2 aliphatic heterocycles. The normalized spacial score (nSPS) is 21.9. The fourth-order valence-electron chi connectivity index (χ4n) is 5.49. The summed E-state index contributed by atoms with van der Waals surface area (Å²) >= 11 is 0. The van der Waals surface area contributed by atoms with Crippen LogP contribution in [0, 0.1) is 11.7 Å². The number of nitrogens with one attached hydrogen (secondary N) is 3. The van der Waals surface area contributed by atoms with Crippen molar-refractivity contribution in [2.45, 2.75) is 57.0 Å². The van der Waals surface area contributed by atoms with Crippen LogP contribution in [0.1, 0.15) is 55.5 Å². The highest BCUT2D eigenvalue weighted by molar-refractivity contribution is 6.00. The van der Waals surface area contributed by atoms with Gasteiger partial charge in [-0.3, -0.25) is 19.2 Å². The summed E-state index contributed by atoms with van der Waals surface area (Å²) in [6.07, 6.45) is 1.07. The molecular formula is C32H41FN4O6. The highest BCUT2D eigenvalue weighted by atomic mass is 19.1. The van der Waals surface area contributed by atoms with E-state index in [-0.39, 0.29) is 55.7 Å². The van der Waals surface area contributed by atoms with Gasteiger partial charge in [-0.2, -0.15) is 0 Å². The Morgan fingerprint density at radius 2 is 1.81 bits per heavy atom. The molecular weight excluding hydrogens is 555 g/mol. The molecule has 4 amide bonds. The lowest BCUT2D eigenvalue weighted by Gasteiger charge is -2.38. The molecule has 3 N–H and O–H groups in total. The van der Waals surface area contributed by atoms with E-state index in [2.05, 4.69) is 16.0 Å². The molecule has 2 aromatic rings. The number of para-hydroxylation sites is 1. The quantitative estimate of drug-likeness (QED) is 0.487. The standard InChI is InChI=1S/C32H41FN4O6/c1-21(2)28-31(41)37(3)15-18-43-26-10-5-4-9-24(26)29(39)35-25(11-12-27(38)36-28)30(40)34-20-32(13-16-42-17-14-32)22-7-6-8-23(33)19-22/h4-10,19,21,25,28H,11-18,20H2,1-3H3,(H,34,40)(H,35,39)(H,36,38)/t25-,28-/m0/s1. The van der Waals surface area contributed by atoms with Gasteiger partial charge < -0.3 is 30.3 Å². The topological polar surface area (TPSA) is 126 Å². The Labute approximate surface area is 251 Å². The van der Waals surface area contributed by atoms with E-state index in [1.807, 2.05) is 19.9 Å². The minimum atomic E-state index is -1.06. The first-order valence-corrected chi connectivity index (χ1v) is 14.8. The van der Waals surface area contributed by atoms with Crippen LogP contribution in [0.15, 0.2) is 48.5 Å². The molecule has 0 aromatic heterocycles. The minimum Gasteiger partial charge on any atom is -0.491 e. The van der Waals surface area contributed by atoms with Gasteiger partial charge in [0.05, 0.1) is 12.1 Å². The van der Waals surface area contributed by atoms with Crippen LogP contribution in [0.4, 0.5) is 4.39 Å². The molecule has 2 heterocycles. The SMILES string of the molecule is CC(C)[C@@H]1NC(=O)CC[C@@H](C(=O)NCC2(c3cccc(F)c3)CCOCC2)NC(=O)c2ccccc2OCCN(C)C1=O. The second-order valence-electron chi connectivity index (χ2n) is 11.6. The molecule has 0 bridgehead atoms.